The minimum atomic E-state index is -0.454. The fraction of sp³-hybridized carbons (Fsp3) is 0.357. The number of halogens is 2. The number of esters is 1. The van der Waals surface area contributed by atoms with Crippen LogP contribution in [0.4, 0.5) is 5.69 Å². The molecule has 12 heteroatoms. The molecule has 0 bridgehead atoms. The van der Waals surface area contributed by atoms with Crippen molar-refractivity contribution < 1.29 is 24.2 Å². The van der Waals surface area contributed by atoms with Gasteiger partial charge in [-0.25, -0.2) is 4.79 Å². The highest BCUT2D eigenvalue weighted by molar-refractivity contribution is 6.35. The summed E-state index contributed by atoms with van der Waals surface area (Å²) in [6.07, 6.45) is 1.20. The van der Waals surface area contributed by atoms with Crippen LogP contribution in [0.15, 0.2) is 42.5 Å². The highest BCUT2D eigenvalue weighted by Crippen LogP contribution is 2.46. The van der Waals surface area contributed by atoms with Crippen LogP contribution in [0, 0.1) is 27.7 Å². The summed E-state index contributed by atoms with van der Waals surface area (Å²) in [6.45, 7) is 12.6. The molecule has 4 heterocycles. The standard InChI is InChI=1S/C42H45Cl2N5O5/c1-9-53-42(52)34-19-28-17-27(21-50)18-33(38(28)46(34)7)48-20-24(4)49-39-31(12-13-32(43)36(39)35-25(5)45-47(8)26(35)6)30(40(49)41(48)51)11-10-14-54-29-15-22(2)37(44)23(3)16-29/h12-13,15-19,24,50H,9-11,14,20-21H2,1-8H3/t24-/m1/s1. The quantitative estimate of drug-likeness (QED) is 0.110. The molecular weight excluding hydrogens is 725 g/mol. The van der Waals surface area contributed by atoms with Gasteiger partial charge in [0.05, 0.1) is 47.3 Å². The third-order valence-corrected chi connectivity index (χ3v) is 11.6. The Morgan fingerprint density at radius 2 is 1.72 bits per heavy atom. The Morgan fingerprint density at radius 3 is 2.37 bits per heavy atom. The lowest BCUT2D eigenvalue weighted by atomic mass is 9.98. The van der Waals surface area contributed by atoms with E-state index in [0.29, 0.717) is 59.2 Å². The Morgan fingerprint density at radius 1 is 1.00 bits per heavy atom. The predicted octanol–water partition coefficient (Wildman–Crippen LogP) is 8.98. The van der Waals surface area contributed by atoms with E-state index in [0.717, 1.165) is 66.3 Å². The topological polar surface area (TPSA) is 104 Å². The van der Waals surface area contributed by atoms with Gasteiger partial charge in [0.15, 0.2) is 0 Å². The van der Waals surface area contributed by atoms with Crippen molar-refractivity contribution in [3.63, 3.8) is 0 Å². The van der Waals surface area contributed by atoms with Gasteiger partial charge < -0.3 is 28.6 Å². The van der Waals surface area contributed by atoms with Crippen molar-refractivity contribution in [1.82, 2.24) is 18.9 Å². The average Bonchev–Trinajstić information content (AvgIpc) is 3.74. The van der Waals surface area contributed by atoms with Crippen molar-refractivity contribution in [2.45, 2.75) is 67.0 Å². The molecule has 0 fully saturated rings. The molecule has 0 unspecified atom stereocenters. The van der Waals surface area contributed by atoms with Crippen LogP contribution in [0.2, 0.25) is 10.0 Å². The van der Waals surface area contributed by atoms with E-state index in [1.165, 1.54) is 0 Å². The SMILES string of the molecule is CCOC(=O)c1cc2cc(CO)cc(N3C[C@@H](C)n4c(c(CCCOc5cc(C)c(Cl)c(C)c5)c5ccc(Cl)c(-c6c(C)nn(C)c6C)c54)C3=O)c2n1C. The lowest BCUT2D eigenvalue weighted by molar-refractivity contribution is 0.0515. The van der Waals surface area contributed by atoms with E-state index in [1.807, 2.05) is 75.8 Å². The first kappa shape index (κ1) is 37.5. The van der Waals surface area contributed by atoms with Crippen LogP contribution in [0.3, 0.4) is 0 Å². The Labute approximate surface area is 324 Å². The minimum Gasteiger partial charge on any atom is -0.494 e. The summed E-state index contributed by atoms with van der Waals surface area (Å²) < 4.78 is 17.4. The molecule has 6 aromatic rings. The summed E-state index contributed by atoms with van der Waals surface area (Å²) in [5.41, 5.74) is 10.2. The molecule has 54 heavy (non-hydrogen) atoms. The zero-order chi connectivity index (χ0) is 38.7. The van der Waals surface area contributed by atoms with Gasteiger partial charge in [-0.05, 0) is 113 Å². The van der Waals surface area contributed by atoms with Gasteiger partial charge in [0.25, 0.3) is 5.91 Å². The third-order valence-electron chi connectivity index (χ3n) is 10.7. The van der Waals surface area contributed by atoms with E-state index in [2.05, 4.69) is 11.5 Å². The Balaban J connectivity index is 1.39. The minimum absolute atomic E-state index is 0.179. The fourth-order valence-corrected chi connectivity index (χ4v) is 8.53. The van der Waals surface area contributed by atoms with Gasteiger partial charge in [-0.15, -0.1) is 0 Å². The lowest BCUT2D eigenvalue weighted by Crippen LogP contribution is -2.43. The summed E-state index contributed by atoms with van der Waals surface area (Å²) in [6, 6.07) is 13.1. The molecular formula is C42H45Cl2N5O5. The van der Waals surface area contributed by atoms with E-state index >= 15 is 4.79 Å². The van der Waals surface area contributed by atoms with Crippen molar-refractivity contribution in [3.05, 3.63) is 97.5 Å². The number of aromatic nitrogens is 4. The molecule has 0 saturated heterocycles. The first-order valence-electron chi connectivity index (χ1n) is 18.2. The van der Waals surface area contributed by atoms with Crippen molar-refractivity contribution in [2.75, 3.05) is 24.7 Å². The molecule has 282 valence electrons. The molecule has 0 aliphatic carbocycles. The number of aryl methyl sites for hydroxylation is 6. The van der Waals surface area contributed by atoms with E-state index in [1.54, 1.807) is 29.5 Å². The highest BCUT2D eigenvalue weighted by Gasteiger charge is 2.38. The number of aliphatic hydroxyl groups excluding tert-OH is 1. The number of carbonyl (C=O) groups excluding carboxylic acids is 2. The Kier molecular flexibility index (Phi) is 10.1. The molecule has 3 aromatic carbocycles. The van der Waals surface area contributed by atoms with Crippen molar-refractivity contribution >= 4 is 62.6 Å². The number of fused-ring (bicyclic) bond motifs is 4. The van der Waals surface area contributed by atoms with Crippen molar-refractivity contribution in [3.8, 4) is 16.9 Å². The fourth-order valence-electron chi connectivity index (χ4n) is 8.18. The molecule has 0 spiro atoms. The van der Waals surface area contributed by atoms with Crippen LogP contribution in [0.25, 0.3) is 32.9 Å². The van der Waals surface area contributed by atoms with Gasteiger partial charge in [0, 0.05) is 59.3 Å². The molecule has 1 aliphatic heterocycles. The van der Waals surface area contributed by atoms with Gasteiger partial charge in [-0.3, -0.25) is 9.48 Å². The molecule has 1 atom stereocenters. The van der Waals surface area contributed by atoms with E-state index < -0.39 is 5.97 Å². The van der Waals surface area contributed by atoms with Crippen molar-refractivity contribution in [1.29, 1.82) is 0 Å². The second-order valence-corrected chi connectivity index (χ2v) is 15.1. The van der Waals surface area contributed by atoms with Crippen LogP contribution in [-0.2, 0) is 31.9 Å². The van der Waals surface area contributed by atoms with Crippen LogP contribution in [0.1, 0.15) is 80.9 Å². The van der Waals surface area contributed by atoms with Gasteiger partial charge in [0.2, 0.25) is 0 Å². The van der Waals surface area contributed by atoms with Gasteiger partial charge in [0.1, 0.15) is 17.1 Å². The maximum absolute atomic E-state index is 15.2. The molecule has 0 saturated carbocycles. The summed E-state index contributed by atoms with van der Waals surface area (Å²) in [5.74, 6) is 0.120. The van der Waals surface area contributed by atoms with Gasteiger partial charge in [-0.1, -0.05) is 29.3 Å². The lowest BCUT2D eigenvalue weighted by Gasteiger charge is -2.35. The Hall–Kier alpha value is -4.77. The highest BCUT2D eigenvalue weighted by atomic mass is 35.5. The Bertz CT molecular complexity index is 2470. The number of hydrogen-bond acceptors (Lipinski definition) is 6. The normalized spacial score (nSPS) is 14.4. The third kappa shape index (κ3) is 6.14. The molecule has 3 aromatic heterocycles. The summed E-state index contributed by atoms with van der Waals surface area (Å²) in [4.78, 5) is 30.0. The zero-order valence-corrected chi connectivity index (χ0v) is 33.4. The van der Waals surface area contributed by atoms with Gasteiger partial charge >= 0.3 is 5.97 Å². The number of carbonyl (C=O) groups is 2. The summed E-state index contributed by atoms with van der Waals surface area (Å²) in [5, 5.41) is 18.0. The first-order valence-corrected chi connectivity index (χ1v) is 19.0. The van der Waals surface area contributed by atoms with E-state index in [4.69, 9.17) is 37.8 Å². The zero-order valence-electron chi connectivity index (χ0n) is 31.9. The number of anilines is 1. The molecule has 0 radical (unpaired) electrons. The van der Waals surface area contributed by atoms with Crippen LogP contribution < -0.4 is 9.64 Å². The maximum Gasteiger partial charge on any atom is 0.354 e. The largest absolute Gasteiger partial charge is 0.494 e. The average molecular weight is 771 g/mol. The number of nitrogens with zero attached hydrogens (tertiary/aromatic N) is 5. The van der Waals surface area contributed by atoms with Crippen LogP contribution in [-0.4, -0.2) is 55.7 Å². The number of amides is 1. The molecule has 1 amide bonds. The smallest absolute Gasteiger partial charge is 0.354 e. The molecule has 7 rings (SSSR count). The second-order valence-electron chi connectivity index (χ2n) is 14.3. The van der Waals surface area contributed by atoms with E-state index in [-0.39, 0.29) is 25.2 Å². The number of benzene rings is 3. The number of aliphatic hydroxyl groups is 1. The van der Waals surface area contributed by atoms with Gasteiger partial charge in [-0.2, -0.15) is 5.10 Å². The summed E-state index contributed by atoms with van der Waals surface area (Å²) in [7, 11) is 3.72. The summed E-state index contributed by atoms with van der Waals surface area (Å²) >= 11 is 13.5. The van der Waals surface area contributed by atoms with Crippen molar-refractivity contribution in [2.24, 2.45) is 14.1 Å². The maximum atomic E-state index is 15.2. The molecule has 10 nitrogen and oxygen atoms in total. The number of hydrogen-bond donors (Lipinski definition) is 1. The molecule has 1 aliphatic rings. The number of rotatable bonds is 10. The second kappa shape index (κ2) is 14.5. The van der Waals surface area contributed by atoms with Crippen LogP contribution >= 0.6 is 23.2 Å². The van der Waals surface area contributed by atoms with Crippen LogP contribution in [0.5, 0.6) is 5.75 Å². The predicted molar refractivity (Wildman–Crippen MR) is 215 cm³/mol. The monoisotopic (exact) mass is 769 g/mol. The van der Waals surface area contributed by atoms with E-state index in [9.17, 15) is 9.90 Å². The first-order chi connectivity index (χ1) is 25.8. The molecule has 1 N–H and O–H groups in total. The number of ether oxygens (including phenoxy) is 2.